The number of hydrogen-bond donors (Lipinski definition) is 0. The normalized spacial score (nSPS) is 12.9. The Kier molecular flexibility index (Phi) is 1.66. The molecule has 0 aromatic heterocycles. The van der Waals surface area contributed by atoms with E-state index in [0.29, 0.717) is 0 Å². The van der Waals surface area contributed by atoms with Crippen molar-refractivity contribution in [2.45, 2.75) is 21.6 Å². The molecule has 0 amide bonds. The molecule has 2 heteroatoms. The Bertz CT molecular complexity index is 255. The number of thioether (sulfide) groups is 1. The van der Waals surface area contributed by atoms with Gasteiger partial charge in [-0.3, -0.25) is 0 Å². The van der Waals surface area contributed by atoms with Gasteiger partial charge in [0, 0.05) is 14.7 Å². The summed E-state index contributed by atoms with van der Waals surface area (Å²) in [4.78, 5) is 4.44. The molecule has 2 rings (SSSR count). The minimum absolute atomic E-state index is 1.18. The van der Waals surface area contributed by atoms with E-state index in [0.717, 1.165) is 0 Å². The molecule has 1 aliphatic rings. The van der Waals surface area contributed by atoms with E-state index in [1.165, 1.54) is 20.4 Å². The fraction of sp³-hybridized carbons (Fsp3) is 0.250. The second kappa shape index (κ2) is 2.51. The SMILES string of the molecule is CCSc1cccc2c1S2. The average molecular weight is 168 g/mol. The van der Waals surface area contributed by atoms with E-state index in [2.05, 4.69) is 25.1 Å². The van der Waals surface area contributed by atoms with Crippen molar-refractivity contribution >= 4 is 23.5 Å². The number of rotatable bonds is 2. The minimum Gasteiger partial charge on any atom is -0.125 e. The zero-order valence-corrected chi connectivity index (χ0v) is 7.39. The monoisotopic (exact) mass is 168 g/mol. The average Bonchev–Trinajstić information content (AvgIpc) is 2.67. The molecule has 1 aliphatic heterocycles. The predicted octanol–water partition coefficient (Wildman–Crippen LogP) is 3.26. The molecule has 0 N–H and O–H groups in total. The summed E-state index contributed by atoms with van der Waals surface area (Å²) in [5.74, 6) is 1.18. The molecule has 1 aromatic rings. The van der Waals surface area contributed by atoms with Crippen LogP contribution in [0.15, 0.2) is 32.9 Å². The number of fused-ring (bicyclic) bond motifs is 1. The van der Waals surface area contributed by atoms with Crippen molar-refractivity contribution in [3.05, 3.63) is 18.2 Å². The van der Waals surface area contributed by atoms with Crippen LogP contribution in [0.1, 0.15) is 6.92 Å². The third-order valence-corrected chi connectivity index (χ3v) is 3.48. The summed E-state index contributed by atoms with van der Waals surface area (Å²) in [5.41, 5.74) is 0. The maximum Gasteiger partial charge on any atom is 0.0398 e. The molecule has 10 heavy (non-hydrogen) atoms. The second-order valence-electron chi connectivity index (χ2n) is 2.12. The van der Waals surface area contributed by atoms with Crippen molar-refractivity contribution in [1.29, 1.82) is 0 Å². The summed E-state index contributed by atoms with van der Waals surface area (Å²) < 4.78 is 0. The van der Waals surface area contributed by atoms with Gasteiger partial charge in [-0.25, -0.2) is 0 Å². The van der Waals surface area contributed by atoms with Gasteiger partial charge in [0.25, 0.3) is 0 Å². The van der Waals surface area contributed by atoms with Gasteiger partial charge in [0.1, 0.15) is 0 Å². The molecule has 0 bridgehead atoms. The van der Waals surface area contributed by atoms with Crippen LogP contribution < -0.4 is 0 Å². The van der Waals surface area contributed by atoms with Crippen LogP contribution in [0, 0.1) is 0 Å². The Morgan fingerprint density at radius 1 is 1.50 bits per heavy atom. The lowest BCUT2D eigenvalue weighted by atomic mass is 10.4. The van der Waals surface area contributed by atoms with Crippen molar-refractivity contribution in [2.75, 3.05) is 5.75 Å². The highest BCUT2D eigenvalue weighted by Gasteiger charge is 2.21. The first-order valence-electron chi connectivity index (χ1n) is 3.35. The Morgan fingerprint density at radius 3 is 3.20 bits per heavy atom. The first-order chi connectivity index (χ1) is 4.92. The molecule has 0 atom stereocenters. The van der Waals surface area contributed by atoms with Gasteiger partial charge < -0.3 is 0 Å². The molecule has 0 aliphatic carbocycles. The second-order valence-corrected chi connectivity index (χ2v) is 4.48. The van der Waals surface area contributed by atoms with Crippen molar-refractivity contribution < 1.29 is 0 Å². The zero-order chi connectivity index (χ0) is 6.97. The number of hydrogen-bond acceptors (Lipinski definition) is 2. The largest absolute Gasteiger partial charge is 0.125 e. The molecule has 52 valence electrons. The summed E-state index contributed by atoms with van der Waals surface area (Å²) in [7, 11) is 0. The third-order valence-electron chi connectivity index (χ3n) is 1.41. The molecule has 0 spiro atoms. The van der Waals surface area contributed by atoms with Crippen molar-refractivity contribution in [3.63, 3.8) is 0 Å². The summed E-state index contributed by atoms with van der Waals surface area (Å²) in [6.07, 6.45) is 0. The molecule has 0 saturated heterocycles. The molecule has 0 fully saturated rings. The van der Waals surface area contributed by atoms with E-state index in [9.17, 15) is 0 Å². The number of benzene rings is 1. The fourth-order valence-electron chi connectivity index (χ4n) is 0.934. The molecular weight excluding hydrogens is 160 g/mol. The summed E-state index contributed by atoms with van der Waals surface area (Å²) in [6, 6.07) is 6.52. The zero-order valence-electron chi connectivity index (χ0n) is 5.76. The van der Waals surface area contributed by atoms with Gasteiger partial charge in [0.15, 0.2) is 0 Å². The van der Waals surface area contributed by atoms with Crippen molar-refractivity contribution in [2.24, 2.45) is 0 Å². The van der Waals surface area contributed by atoms with Gasteiger partial charge in [-0.05, 0) is 17.9 Å². The van der Waals surface area contributed by atoms with Gasteiger partial charge in [0.05, 0.1) is 0 Å². The van der Waals surface area contributed by atoms with Crippen LogP contribution in [0.4, 0.5) is 0 Å². The van der Waals surface area contributed by atoms with E-state index in [-0.39, 0.29) is 0 Å². The van der Waals surface area contributed by atoms with E-state index in [1.54, 1.807) is 0 Å². The van der Waals surface area contributed by atoms with Gasteiger partial charge in [0.2, 0.25) is 0 Å². The molecule has 0 saturated carbocycles. The summed E-state index contributed by atoms with van der Waals surface area (Å²) in [6.45, 7) is 2.19. The fourth-order valence-corrected chi connectivity index (χ4v) is 2.69. The van der Waals surface area contributed by atoms with Gasteiger partial charge in [-0.2, -0.15) is 0 Å². The van der Waals surface area contributed by atoms with E-state index < -0.39 is 0 Å². The molecule has 0 unspecified atom stereocenters. The first kappa shape index (κ1) is 6.62. The van der Waals surface area contributed by atoms with E-state index in [1.807, 2.05) is 23.5 Å². The predicted molar refractivity (Wildman–Crippen MR) is 47.0 cm³/mol. The van der Waals surface area contributed by atoms with Crippen molar-refractivity contribution in [1.82, 2.24) is 0 Å². The maximum atomic E-state index is 2.20. The van der Waals surface area contributed by atoms with Crippen LogP contribution in [-0.4, -0.2) is 5.75 Å². The molecular formula is C8H8S2. The van der Waals surface area contributed by atoms with Gasteiger partial charge in [-0.15, -0.1) is 11.8 Å². The summed E-state index contributed by atoms with van der Waals surface area (Å²) in [5, 5.41) is 0. The topological polar surface area (TPSA) is 0 Å². The Hall–Kier alpha value is -0.0800. The van der Waals surface area contributed by atoms with Gasteiger partial charge >= 0.3 is 0 Å². The highest BCUT2D eigenvalue weighted by molar-refractivity contribution is 8.06. The Morgan fingerprint density at radius 2 is 2.40 bits per heavy atom. The lowest BCUT2D eigenvalue weighted by Crippen LogP contribution is -1.68. The molecule has 1 heterocycles. The quantitative estimate of drug-likeness (QED) is 0.498. The highest BCUT2D eigenvalue weighted by atomic mass is 32.2. The van der Waals surface area contributed by atoms with Crippen LogP contribution in [-0.2, 0) is 0 Å². The minimum atomic E-state index is 1.18. The standard InChI is InChI=1S/C8H8S2/c1-2-9-6-4-3-5-7-8(6)10-7/h3-5H,2H2,1H3. The lowest BCUT2D eigenvalue weighted by molar-refractivity contribution is 1.21. The maximum absolute atomic E-state index is 2.20. The Balaban J connectivity index is 2.29. The van der Waals surface area contributed by atoms with Crippen molar-refractivity contribution in [3.8, 4) is 0 Å². The smallest absolute Gasteiger partial charge is 0.0398 e. The third kappa shape index (κ3) is 1.06. The van der Waals surface area contributed by atoms with Crippen LogP contribution in [0.25, 0.3) is 0 Å². The first-order valence-corrected chi connectivity index (χ1v) is 5.15. The Labute approximate surface area is 69.4 Å². The van der Waals surface area contributed by atoms with Crippen LogP contribution >= 0.6 is 23.5 Å². The van der Waals surface area contributed by atoms with Crippen LogP contribution in [0.2, 0.25) is 0 Å². The van der Waals surface area contributed by atoms with Crippen LogP contribution in [0.5, 0.6) is 0 Å². The van der Waals surface area contributed by atoms with E-state index in [4.69, 9.17) is 0 Å². The van der Waals surface area contributed by atoms with Gasteiger partial charge in [-0.1, -0.05) is 24.8 Å². The highest BCUT2D eigenvalue weighted by Crippen LogP contribution is 2.53. The molecule has 0 radical (unpaired) electrons. The summed E-state index contributed by atoms with van der Waals surface area (Å²) >= 11 is 3.84. The van der Waals surface area contributed by atoms with Crippen LogP contribution in [0.3, 0.4) is 0 Å². The van der Waals surface area contributed by atoms with E-state index >= 15 is 0 Å². The molecule has 1 aromatic carbocycles. The lowest BCUT2D eigenvalue weighted by Gasteiger charge is -1.92. The molecule has 0 nitrogen and oxygen atoms in total.